The van der Waals surface area contributed by atoms with E-state index in [1.54, 1.807) is 6.92 Å². The number of rotatable bonds is 6. The topological polar surface area (TPSA) is 61.3 Å². The molecule has 0 bridgehead atoms. The second-order valence-electron chi connectivity index (χ2n) is 3.75. The van der Waals surface area contributed by atoms with Gasteiger partial charge in [-0.2, -0.15) is 0 Å². The molecule has 5 nitrogen and oxygen atoms in total. The molecule has 1 heterocycles. The Bertz CT molecular complexity index is 528. The number of esters is 1. The summed E-state index contributed by atoms with van der Waals surface area (Å²) in [4.78, 5) is 12.0. The SMILES string of the molecule is CCOC(=O)c1snnc1COCc1ccccc1. The van der Waals surface area contributed by atoms with Crippen molar-refractivity contribution in [3.8, 4) is 0 Å². The number of benzene rings is 1. The van der Waals surface area contributed by atoms with Crippen molar-refractivity contribution in [3.63, 3.8) is 0 Å². The average Bonchev–Trinajstić information content (AvgIpc) is 2.89. The molecule has 0 aliphatic rings. The molecule has 6 heteroatoms. The van der Waals surface area contributed by atoms with E-state index in [1.807, 2.05) is 30.3 Å². The molecule has 0 aliphatic carbocycles. The number of nitrogens with zero attached hydrogens (tertiary/aromatic N) is 2. The van der Waals surface area contributed by atoms with Crippen LogP contribution >= 0.6 is 11.5 Å². The van der Waals surface area contributed by atoms with Gasteiger partial charge in [0.15, 0.2) is 4.88 Å². The zero-order chi connectivity index (χ0) is 13.5. The lowest BCUT2D eigenvalue weighted by atomic mass is 10.2. The van der Waals surface area contributed by atoms with Gasteiger partial charge < -0.3 is 9.47 Å². The van der Waals surface area contributed by atoms with E-state index < -0.39 is 5.97 Å². The van der Waals surface area contributed by atoms with Crippen molar-refractivity contribution < 1.29 is 14.3 Å². The first kappa shape index (κ1) is 13.6. The van der Waals surface area contributed by atoms with Gasteiger partial charge >= 0.3 is 5.97 Å². The van der Waals surface area contributed by atoms with E-state index in [2.05, 4.69) is 9.59 Å². The summed E-state index contributed by atoms with van der Waals surface area (Å²) in [6, 6.07) is 9.81. The molecule has 0 unspecified atom stereocenters. The third-order valence-corrected chi connectivity index (χ3v) is 3.12. The number of aromatic nitrogens is 2. The van der Waals surface area contributed by atoms with Crippen molar-refractivity contribution in [1.82, 2.24) is 9.59 Å². The van der Waals surface area contributed by atoms with Crippen LogP contribution in [0.3, 0.4) is 0 Å². The minimum absolute atomic E-state index is 0.250. The smallest absolute Gasteiger partial charge is 0.352 e. The fraction of sp³-hybridized carbons (Fsp3) is 0.308. The largest absolute Gasteiger partial charge is 0.462 e. The molecule has 1 aromatic heterocycles. The van der Waals surface area contributed by atoms with Gasteiger partial charge in [0.2, 0.25) is 0 Å². The monoisotopic (exact) mass is 278 g/mol. The van der Waals surface area contributed by atoms with E-state index in [4.69, 9.17) is 9.47 Å². The van der Waals surface area contributed by atoms with Crippen LogP contribution in [0.2, 0.25) is 0 Å². The van der Waals surface area contributed by atoms with Gasteiger partial charge in [-0.25, -0.2) is 4.79 Å². The maximum atomic E-state index is 11.6. The van der Waals surface area contributed by atoms with Crippen molar-refractivity contribution in [2.75, 3.05) is 6.61 Å². The quantitative estimate of drug-likeness (QED) is 0.759. The van der Waals surface area contributed by atoms with E-state index in [-0.39, 0.29) is 6.61 Å². The first-order valence-corrected chi connectivity index (χ1v) is 6.68. The lowest BCUT2D eigenvalue weighted by molar-refractivity contribution is 0.0522. The minimum Gasteiger partial charge on any atom is -0.462 e. The molecule has 2 aromatic rings. The summed E-state index contributed by atoms with van der Waals surface area (Å²) in [5.74, 6) is -0.393. The van der Waals surface area contributed by atoms with Crippen molar-refractivity contribution in [3.05, 3.63) is 46.5 Å². The Morgan fingerprint density at radius 1 is 1.26 bits per heavy atom. The summed E-state index contributed by atoms with van der Waals surface area (Å²) in [5.41, 5.74) is 1.60. The fourth-order valence-electron chi connectivity index (χ4n) is 1.49. The van der Waals surface area contributed by atoms with Crippen molar-refractivity contribution >= 4 is 17.5 Å². The van der Waals surface area contributed by atoms with Crippen LogP contribution < -0.4 is 0 Å². The molecule has 2 rings (SSSR count). The van der Waals surface area contributed by atoms with Gasteiger partial charge in [0.05, 0.1) is 19.8 Å². The van der Waals surface area contributed by atoms with Gasteiger partial charge in [0.1, 0.15) is 5.69 Å². The zero-order valence-corrected chi connectivity index (χ0v) is 11.4. The Labute approximate surface area is 115 Å². The number of carbonyl (C=O) groups excluding carboxylic acids is 1. The standard InChI is InChI=1S/C13H14N2O3S/c1-2-18-13(16)12-11(14-15-19-12)9-17-8-10-6-4-3-5-7-10/h3-7H,2,8-9H2,1H3. The average molecular weight is 278 g/mol. The molecule has 19 heavy (non-hydrogen) atoms. The molecular formula is C13H14N2O3S. The lowest BCUT2D eigenvalue weighted by Crippen LogP contribution is -2.06. The van der Waals surface area contributed by atoms with Crippen molar-refractivity contribution in [2.24, 2.45) is 0 Å². The van der Waals surface area contributed by atoms with Crippen LogP contribution in [0, 0.1) is 0 Å². The zero-order valence-electron chi connectivity index (χ0n) is 10.5. The first-order chi connectivity index (χ1) is 9.31. The highest BCUT2D eigenvalue weighted by Crippen LogP contribution is 2.14. The molecule has 1 aromatic carbocycles. The molecule has 100 valence electrons. The third-order valence-electron chi connectivity index (χ3n) is 2.37. The van der Waals surface area contributed by atoms with E-state index in [0.29, 0.717) is 23.8 Å². The molecule has 0 atom stereocenters. The highest BCUT2D eigenvalue weighted by Gasteiger charge is 2.17. The van der Waals surface area contributed by atoms with Crippen molar-refractivity contribution in [2.45, 2.75) is 20.1 Å². The molecule has 0 saturated heterocycles. The van der Waals surface area contributed by atoms with Crippen LogP contribution in [0.5, 0.6) is 0 Å². The summed E-state index contributed by atoms with van der Waals surface area (Å²) in [5, 5.41) is 3.89. The Morgan fingerprint density at radius 3 is 2.79 bits per heavy atom. The van der Waals surface area contributed by atoms with Crippen LogP contribution in [-0.4, -0.2) is 22.2 Å². The Balaban J connectivity index is 1.90. The fourth-order valence-corrected chi connectivity index (χ4v) is 2.05. The van der Waals surface area contributed by atoms with Crippen LogP contribution in [0.25, 0.3) is 0 Å². The summed E-state index contributed by atoms with van der Waals surface area (Å²) >= 11 is 1.03. The van der Waals surface area contributed by atoms with E-state index in [0.717, 1.165) is 17.1 Å². The second kappa shape index (κ2) is 6.96. The molecule has 0 fully saturated rings. The maximum absolute atomic E-state index is 11.6. The predicted molar refractivity (Wildman–Crippen MR) is 70.8 cm³/mol. The predicted octanol–water partition coefficient (Wildman–Crippen LogP) is 2.43. The molecule has 0 spiro atoms. The van der Waals surface area contributed by atoms with Crippen LogP contribution in [0.15, 0.2) is 30.3 Å². The van der Waals surface area contributed by atoms with Gasteiger partial charge in [-0.15, -0.1) is 5.10 Å². The lowest BCUT2D eigenvalue weighted by Gasteiger charge is -2.03. The molecular weight excluding hydrogens is 264 g/mol. The summed E-state index contributed by atoms with van der Waals surface area (Å²) < 4.78 is 14.2. The molecule has 0 amide bonds. The van der Waals surface area contributed by atoms with E-state index in [1.165, 1.54) is 0 Å². The Kier molecular flexibility index (Phi) is 5.00. The van der Waals surface area contributed by atoms with E-state index >= 15 is 0 Å². The molecule has 0 N–H and O–H groups in total. The van der Waals surface area contributed by atoms with Gasteiger partial charge in [-0.3, -0.25) is 0 Å². The number of ether oxygens (including phenoxy) is 2. The number of carbonyl (C=O) groups is 1. The molecule has 0 saturated carbocycles. The Hall–Kier alpha value is -1.79. The van der Waals surface area contributed by atoms with Crippen LogP contribution in [0.4, 0.5) is 0 Å². The summed E-state index contributed by atoms with van der Waals surface area (Å²) in [7, 11) is 0. The third kappa shape index (κ3) is 3.84. The number of hydrogen-bond acceptors (Lipinski definition) is 6. The second-order valence-corrected chi connectivity index (χ2v) is 4.50. The first-order valence-electron chi connectivity index (χ1n) is 5.91. The normalized spacial score (nSPS) is 10.4. The Morgan fingerprint density at radius 2 is 2.05 bits per heavy atom. The summed E-state index contributed by atoms with van der Waals surface area (Å²) in [6.07, 6.45) is 0. The highest BCUT2D eigenvalue weighted by molar-refractivity contribution is 7.07. The van der Waals surface area contributed by atoms with E-state index in [9.17, 15) is 4.79 Å². The van der Waals surface area contributed by atoms with Gasteiger partial charge in [-0.05, 0) is 24.0 Å². The van der Waals surface area contributed by atoms with Gasteiger partial charge in [0, 0.05) is 0 Å². The van der Waals surface area contributed by atoms with Crippen LogP contribution in [-0.2, 0) is 22.7 Å². The van der Waals surface area contributed by atoms with Gasteiger partial charge in [0.25, 0.3) is 0 Å². The van der Waals surface area contributed by atoms with Crippen LogP contribution in [0.1, 0.15) is 27.9 Å². The summed E-state index contributed by atoms with van der Waals surface area (Å²) in [6.45, 7) is 2.82. The van der Waals surface area contributed by atoms with Gasteiger partial charge in [-0.1, -0.05) is 34.8 Å². The van der Waals surface area contributed by atoms with Crippen molar-refractivity contribution in [1.29, 1.82) is 0 Å². The molecule has 0 aliphatic heterocycles. The number of hydrogen-bond donors (Lipinski definition) is 0. The maximum Gasteiger partial charge on any atom is 0.352 e. The molecule has 0 radical (unpaired) electrons. The minimum atomic E-state index is -0.393. The highest BCUT2D eigenvalue weighted by atomic mass is 32.1.